The predicted molar refractivity (Wildman–Crippen MR) is 77.4 cm³/mol. The van der Waals surface area contributed by atoms with Crippen molar-refractivity contribution in [3.05, 3.63) is 11.1 Å². The van der Waals surface area contributed by atoms with Gasteiger partial charge in [-0.2, -0.15) is 0 Å². The van der Waals surface area contributed by atoms with E-state index in [0.717, 1.165) is 0 Å². The summed E-state index contributed by atoms with van der Waals surface area (Å²) in [6.45, 7) is 5.03. The van der Waals surface area contributed by atoms with Crippen LogP contribution in [0.15, 0.2) is 5.38 Å². The van der Waals surface area contributed by atoms with Crippen LogP contribution in [0.3, 0.4) is 0 Å². The van der Waals surface area contributed by atoms with E-state index < -0.39 is 17.4 Å². The van der Waals surface area contributed by atoms with E-state index >= 15 is 0 Å². The van der Waals surface area contributed by atoms with Crippen molar-refractivity contribution < 1.29 is 19.5 Å². The van der Waals surface area contributed by atoms with E-state index in [-0.39, 0.29) is 18.4 Å². The van der Waals surface area contributed by atoms with Crippen molar-refractivity contribution in [3.63, 3.8) is 0 Å². The van der Waals surface area contributed by atoms with Crippen molar-refractivity contribution in [2.24, 2.45) is 0 Å². The van der Waals surface area contributed by atoms with Crippen molar-refractivity contribution in [2.75, 3.05) is 11.4 Å². The SMILES string of the molecule is CCC1C(=O)NC(=O)CN1c1nc(C(C)(C)C(=O)O)cs1. The first kappa shape index (κ1) is 15.4. The molecule has 114 valence electrons. The molecule has 2 rings (SSSR count). The maximum atomic E-state index is 11.8. The van der Waals surface area contributed by atoms with Gasteiger partial charge in [0.1, 0.15) is 18.0 Å². The number of rotatable bonds is 4. The van der Waals surface area contributed by atoms with Gasteiger partial charge in [-0.05, 0) is 20.3 Å². The van der Waals surface area contributed by atoms with Gasteiger partial charge in [0.25, 0.3) is 0 Å². The topological polar surface area (TPSA) is 99.6 Å². The van der Waals surface area contributed by atoms with Crippen molar-refractivity contribution in [2.45, 2.75) is 38.6 Å². The molecule has 2 amide bonds. The highest BCUT2D eigenvalue weighted by Crippen LogP contribution is 2.31. The summed E-state index contributed by atoms with van der Waals surface area (Å²) in [7, 11) is 0. The molecule has 0 radical (unpaired) electrons. The molecule has 0 bridgehead atoms. The number of nitrogens with one attached hydrogen (secondary N) is 1. The molecule has 0 saturated carbocycles. The van der Waals surface area contributed by atoms with Crippen LogP contribution in [-0.4, -0.2) is 40.5 Å². The molecule has 0 spiro atoms. The lowest BCUT2D eigenvalue weighted by atomic mass is 9.90. The summed E-state index contributed by atoms with van der Waals surface area (Å²) in [6, 6.07) is -0.463. The van der Waals surface area contributed by atoms with E-state index in [1.165, 1.54) is 11.3 Å². The lowest BCUT2D eigenvalue weighted by molar-refractivity contribution is -0.142. The Bertz CT molecular complexity index is 596. The molecule has 1 aliphatic rings. The van der Waals surface area contributed by atoms with Crippen LogP contribution in [0.5, 0.6) is 0 Å². The number of piperazine rings is 1. The molecule has 1 fully saturated rings. The number of carboxylic acids is 1. The Balaban J connectivity index is 2.33. The molecule has 1 unspecified atom stereocenters. The van der Waals surface area contributed by atoms with Crippen LogP contribution in [0.25, 0.3) is 0 Å². The van der Waals surface area contributed by atoms with E-state index in [1.807, 2.05) is 6.92 Å². The van der Waals surface area contributed by atoms with Gasteiger partial charge in [0.15, 0.2) is 5.13 Å². The fourth-order valence-electron chi connectivity index (χ4n) is 2.07. The molecule has 8 heteroatoms. The van der Waals surface area contributed by atoms with Crippen LogP contribution >= 0.6 is 11.3 Å². The van der Waals surface area contributed by atoms with Gasteiger partial charge in [-0.1, -0.05) is 6.92 Å². The fourth-order valence-corrected chi connectivity index (χ4v) is 3.11. The second kappa shape index (κ2) is 5.44. The number of carboxylic acid groups (broad SMARTS) is 1. The van der Waals surface area contributed by atoms with Crippen LogP contribution in [0.1, 0.15) is 32.9 Å². The highest BCUT2D eigenvalue weighted by atomic mass is 32.1. The van der Waals surface area contributed by atoms with Crippen LogP contribution in [0.2, 0.25) is 0 Å². The summed E-state index contributed by atoms with van der Waals surface area (Å²) >= 11 is 1.24. The van der Waals surface area contributed by atoms with Gasteiger partial charge in [0.05, 0.1) is 5.69 Å². The summed E-state index contributed by atoms with van der Waals surface area (Å²) < 4.78 is 0. The zero-order valence-corrected chi connectivity index (χ0v) is 12.9. The Hall–Kier alpha value is -1.96. The quantitative estimate of drug-likeness (QED) is 0.796. The van der Waals surface area contributed by atoms with Crippen LogP contribution in [-0.2, 0) is 19.8 Å². The first-order valence-corrected chi connectivity index (χ1v) is 7.45. The average Bonchev–Trinajstić information content (AvgIpc) is 2.87. The second-order valence-electron chi connectivity index (χ2n) is 5.41. The van der Waals surface area contributed by atoms with Gasteiger partial charge in [-0.15, -0.1) is 11.3 Å². The molecule has 1 aromatic rings. The van der Waals surface area contributed by atoms with E-state index in [2.05, 4.69) is 10.3 Å². The zero-order valence-electron chi connectivity index (χ0n) is 12.0. The van der Waals surface area contributed by atoms with E-state index in [9.17, 15) is 19.5 Å². The van der Waals surface area contributed by atoms with Crippen LogP contribution in [0.4, 0.5) is 5.13 Å². The number of aliphatic carboxylic acids is 1. The molecule has 1 aromatic heterocycles. The Morgan fingerprint density at radius 1 is 1.57 bits per heavy atom. The van der Waals surface area contributed by atoms with Crippen molar-refractivity contribution >= 4 is 34.3 Å². The average molecular weight is 311 g/mol. The Kier molecular flexibility index (Phi) is 3.99. The predicted octanol–water partition coefficient (Wildman–Crippen LogP) is 0.747. The molecule has 2 heterocycles. The molecule has 21 heavy (non-hydrogen) atoms. The second-order valence-corrected chi connectivity index (χ2v) is 6.25. The molecule has 0 aromatic carbocycles. The standard InChI is InChI=1S/C13H17N3O4S/c1-4-7-10(18)15-9(17)5-16(7)12-14-8(6-21-12)13(2,3)11(19)20/h6-7H,4-5H2,1-3H3,(H,19,20)(H,15,17,18). The van der Waals surface area contributed by atoms with Crippen LogP contribution in [0, 0.1) is 0 Å². The first-order chi connectivity index (χ1) is 9.77. The lowest BCUT2D eigenvalue weighted by Crippen LogP contribution is -2.58. The number of carbonyl (C=O) groups excluding carboxylic acids is 2. The summed E-state index contributed by atoms with van der Waals surface area (Å²) in [6.07, 6.45) is 0.538. The summed E-state index contributed by atoms with van der Waals surface area (Å²) in [5.41, 5.74) is -0.693. The number of anilines is 1. The lowest BCUT2D eigenvalue weighted by Gasteiger charge is -2.33. The summed E-state index contributed by atoms with van der Waals surface area (Å²) in [4.78, 5) is 40.6. The number of carbonyl (C=O) groups is 3. The molecular formula is C13H17N3O4S. The number of nitrogens with zero attached hydrogens (tertiary/aromatic N) is 2. The minimum absolute atomic E-state index is 0.0463. The van der Waals surface area contributed by atoms with Crippen molar-refractivity contribution in [1.82, 2.24) is 10.3 Å². The number of hydrogen-bond donors (Lipinski definition) is 2. The highest BCUT2D eigenvalue weighted by Gasteiger charge is 2.36. The zero-order chi connectivity index (χ0) is 15.8. The molecule has 1 atom stereocenters. The van der Waals surface area contributed by atoms with Gasteiger partial charge < -0.3 is 10.0 Å². The van der Waals surface area contributed by atoms with E-state index in [0.29, 0.717) is 17.2 Å². The molecule has 2 N–H and O–H groups in total. The molecule has 1 saturated heterocycles. The Morgan fingerprint density at radius 2 is 2.24 bits per heavy atom. The number of aromatic nitrogens is 1. The Morgan fingerprint density at radius 3 is 2.81 bits per heavy atom. The van der Waals surface area contributed by atoms with Crippen LogP contribution < -0.4 is 10.2 Å². The van der Waals surface area contributed by atoms with E-state index in [1.54, 1.807) is 24.1 Å². The first-order valence-electron chi connectivity index (χ1n) is 6.57. The minimum atomic E-state index is -1.11. The van der Waals surface area contributed by atoms with Gasteiger partial charge in [-0.3, -0.25) is 19.7 Å². The minimum Gasteiger partial charge on any atom is -0.481 e. The third kappa shape index (κ3) is 2.76. The molecule has 7 nitrogen and oxygen atoms in total. The van der Waals surface area contributed by atoms with Gasteiger partial charge >= 0.3 is 5.97 Å². The summed E-state index contributed by atoms with van der Waals surface area (Å²) in [5.74, 6) is -1.69. The highest BCUT2D eigenvalue weighted by molar-refractivity contribution is 7.13. The number of thiazole rings is 1. The molecule has 1 aliphatic heterocycles. The van der Waals surface area contributed by atoms with Gasteiger partial charge in [-0.25, -0.2) is 4.98 Å². The van der Waals surface area contributed by atoms with Gasteiger partial charge in [0.2, 0.25) is 11.8 Å². The molecule has 0 aliphatic carbocycles. The number of imide groups is 1. The van der Waals surface area contributed by atoms with Crippen molar-refractivity contribution in [1.29, 1.82) is 0 Å². The fraction of sp³-hybridized carbons (Fsp3) is 0.538. The normalized spacial score (nSPS) is 19.6. The largest absolute Gasteiger partial charge is 0.481 e. The number of amides is 2. The third-order valence-electron chi connectivity index (χ3n) is 3.55. The smallest absolute Gasteiger partial charge is 0.315 e. The van der Waals surface area contributed by atoms with Gasteiger partial charge in [0, 0.05) is 5.38 Å². The monoisotopic (exact) mass is 311 g/mol. The number of hydrogen-bond acceptors (Lipinski definition) is 6. The molecular weight excluding hydrogens is 294 g/mol. The summed E-state index contributed by atoms with van der Waals surface area (Å²) in [5, 5.41) is 13.7. The maximum absolute atomic E-state index is 11.8. The van der Waals surface area contributed by atoms with Crippen molar-refractivity contribution in [3.8, 4) is 0 Å². The Labute approximate surface area is 126 Å². The third-order valence-corrected chi connectivity index (χ3v) is 4.43. The van der Waals surface area contributed by atoms with E-state index in [4.69, 9.17) is 0 Å². The maximum Gasteiger partial charge on any atom is 0.315 e.